The zero-order chi connectivity index (χ0) is 27.7. The standard InChI is InChI=1S/C34H49N2O2S.BrH/c1-4-5-6-7-8-9-10-11-12-13-14-15-23-38-34-21-19-31(20-22-34)27-36(30(3)37)33-18-16-17-32(24-33)26-35-25-29(2)39-28-35;/h16-22,24-25,28H,4-15,23,26-27H2,1-3H3;1H/q+1;/p-1. The van der Waals surface area contributed by atoms with E-state index in [2.05, 4.69) is 54.4 Å². The number of aromatic nitrogens is 1. The Balaban J connectivity index is 0.00000560. The Morgan fingerprint density at radius 2 is 1.48 bits per heavy atom. The smallest absolute Gasteiger partial charge is 0.225 e. The van der Waals surface area contributed by atoms with Crippen LogP contribution < -0.4 is 31.2 Å². The van der Waals surface area contributed by atoms with Crippen LogP contribution in [0.4, 0.5) is 5.69 Å². The van der Waals surface area contributed by atoms with Crippen LogP contribution in [0.2, 0.25) is 0 Å². The van der Waals surface area contributed by atoms with Gasteiger partial charge in [-0.05, 0) is 43.2 Å². The van der Waals surface area contributed by atoms with Gasteiger partial charge in [0.2, 0.25) is 11.4 Å². The van der Waals surface area contributed by atoms with Gasteiger partial charge in [-0.3, -0.25) is 4.79 Å². The van der Waals surface area contributed by atoms with E-state index >= 15 is 0 Å². The van der Waals surface area contributed by atoms with Gasteiger partial charge in [0.25, 0.3) is 0 Å². The molecule has 0 unspecified atom stereocenters. The number of carbonyl (C=O) groups excluding carboxylic acids is 1. The minimum atomic E-state index is 0. The van der Waals surface area contributed by atoms with Gasteiger partial charge in [-0.2, -0.15) is 4.57 Å². The van der Waals surface area contributed by atoms with Crippen LogP contribution in [-0.2, 0) is 17.9 Å². The van der Waals surface area contributed by atoms with Gasteiger partial charge in [0, 0.05) is 18.2 Å². The summed E-state index contributed by atoms with van der Waals surface area (Å²) in [5.41, 5.74) is 5.34. The molecule has 220 valence electrons. The molecule has 0 fully saturated rings. The Morgan fingerprint density at radius 1 is 0.850 bits per heavy atom. The second-order valence-electron chi connectivity index (χ2n) is 10.8. The lowest BCUT2D eigenvalue weighted by atomic mass is 10.1. The highest BCUT2D eigenvalue weighted by Gasteiger charge is 2.14. The number of halogens is 1. The molecule has 0 aliphatic carbocycles. The minimum absolute atomic E-state index is 0. The number of hydrogen-bond donors (Lipinski definition) is 0. The number of aryl methyl sites for hydroxylation is 1. The molecule has 1 amide bonds. The summed E-state index contributed by atoms with van der Waals surface area (Å²) in [6.45, 7) is 8.14. The van der Waals surface area contributed by atoms with Gasteiger partial charge in [0.15, 0.2) is 12.7 Å². The van der Waals surface area contributed by atoms with Crippen molar-refractivity contribution in [1.82, 2.24) is 0 Å². The van der Waals surface area contributed by atoms with Crippen LogP contribution in [0.25, 0.3) is 0 Å². The fourth-order valence-electron chi connectivity index (χ4n) is 4.95. The summed E-state index contributed by atoms with van der Waals surface area (Å²) in [5, 5.41) is 0. The van der Waals surface area contributed by atoms with Gasteiger partial charge >= 0.3 is 0 Å². The Morgan fingerprint density at radius 3 is 2.05 bits per heavy atom. The molecule has 0 aliphatic rings. The predicted molar refractivity (Wildman–Crippen MR) is 165 cm³/mol. The van der Waals surface area contributed by atoms with E-state index in [9.17, 15) is 4.79 Å². The topological polar surface area (TPSA) is 33.4 Å². The third-order valence-corrected chi connectivity index (χ3v) is 8.07. The average Bonchev–Trinajstić information content (AvgIpc) is 3.34. The van der Waals surface area contributed by atoms with Gasteiger partial charge < -0.3 is 26.6 Å². The van der Waals surface area contributed by atoms with Crippen molar-refractivity contribution in [2.75, 3.05) is 11.5 Å². The number of hydrogen-bond acceptors (Lipinski definition) is 3. The summed E-state index contributed by atoms with van der Waals surface area (Å²) in [7, 11) is 0. The third-order valence-electron chi connectivity index (χ3n) is 7.22. The van der Waals surface area contributed by atoms with Crippen molar-refractivity contribution >= 4 is 22.9 Å². The summed E-state index contributed by atoms with van der Waals surface area (Å²) in [6.07, 6.45) is 18.3. The maximum atomic E-state index is 12.5. The highest BCUT2D eigenvalue weighted by Crippen LogP contribution is 2.21. The van der Waals surface area contributed by atoms with E-state index in [4.69, 9.17) is 4.74 Å². The molecule has 3 rings (SSSR count). The summed E-state index contributed by atoms with van der Waals surface area (Å²) < 4.78 is 8.17. The summed E-state index contributed by atoms with van der Waals surface area (Å²) in [4.78, 5) is 15.7. The van der Waals surface area contributed by atoms with Crippen LogP contribution >= 0.6 is 11.3 Å². The van der Waals surface area contributed by atoms with E-state index in [1.807, 2.05) is 29.2 Å². The maximum absolute atomic E-state index is 12.5. The molecule has 0 bridgehead atoms. The second-order valence-corrected chi connectivity index (χ2v) is 11.9. The predicted octanol–water partition coefficient (Wildman–Crippen LogP) is 6.03. The summed E-state index contributed by atoms with van der Waals surface area (Å²) >= 11 is 1.74. The van der Waals surface area contributed by atoms with Gasteiger partial charge in [0.05, 0.1) is 18.0 Å². The van der Waals surface area contributed by atoms with Crippen LogP contribution in [0.15, 0.2) is 60.2 Å². The molecule has 0 aliphatic heterocycles. The van der Waals surface area contributed by atoms with Crippen molar-refractivity contribution < 1.29 is 31.1 Å². The molecule has 0 N–H and O–H groups in total. The first-order valence-electron chi connectivity index (χ1n) is 15.1. The number of anilines is 1. The van der Waals surface area contributed by atoms with Gasteiger partial charge in [-0.1, -0.05) is 113 Å². The van der Waals surface area contributed by atoms with Crippen LogP contribution in [0.3, 0.4) is 0 Å². The molecule has 0 saturated carbocycles. The number of ether oxygens (including phenoxy) is 1. The molecule has 0 saturated heterocycles. The van der Waals surface area contributed by atoms with Crippen molar-refractivity contribution in [2.45, 2.75) is 111 Å². The number of rotatable bonds is 19. The molecule has 0 radical (unpaired) electrons. The van der Waals surface area contributed by atoms with E-state index in [0.717, 1.165) is 36.6 Å². The molecule has 2 aromatic carbocycles. The number of nitrogens with zero attached hydrogens (tertiary/aromatic N) is 2. The molecule has 4 nitrogen and oxygen atoms in total. The molecule has 0 spiro atoms. The lowest BCUT2D eigenvalue weighted by molar-refractivity contribution is -0.683. The van der Waals surface area contributed by atoms with E-state index in [1.54, 1.807) is 18.3 Å². The van der Waals surface area contributed by atoms with E-state index in [-0.39, 0.29) is 22.9 Å². The minimum Gasteiger partial charge on any atom is -1.00 e. The molecule has 3 aromatic rings. The highest BCUT2D eigenvalue weighted by atomic mass is 79.9. The fourth-order valence-corrected chi connectivity index (χ4v) is 5.59. The Labute approximate surface area is 257 Å². The number of carbonyl (C=O) groups is 1. The molecule has 1 heterocycles. The molecule has 40 heavy (non-hydrogen) atoms. The van der Waals surface area contributed by atoms with Crippen LogP contribution in [0.1, 0.15) is 107 Å². The maximum Gasteiger partial charge on any atom is 0.225 e. The van der Waals surface area contributed by atoms with Crippen LogP contribution in [-0.4, -0.2) is 12.5 Å². The highest BCUT2D eigenvalue weighted by molar-refractivity contribution is 7.09. The van der Waals surface area contributed by atoms with Crippen LogP contribution in [0, 0.1) is 6.92 Å². The van der Waals surface area contributed by atoms with Gasteiger partial charge in [-0.15, -0.1) is 0 Å². The first kappa shape index (κ1) is 34.0. The SMILES string of the molecule is CCCCCCCCCCCCCCOc1ccc(CN(C(C)=O)c2cccc(C[n+]3csc(C)c3)c2)cc1.[Br-]. The lowest BCUT2D eigenvalue weighted by Crippen LogP contribution is -3.00. The molecular weight excluding hydrogens is 580 g/mol. The van der Waals surface area contributed by atoms with Gasteiger partial charge in [0.1, 0.15) is 5.75 Å². The molecule has 1 aromatic heterocycles. The number of amides is 1. The third kappa shape index (κ3) is 13.0. The van der Waals surface area contributed by atoms with E-state index in [0.29, 0.717) is 6.54 Å². The van der Waals surface area contributed by atoms with Crippen molar-refractivity contribution in [3.8, 4) is 5.75 Å². The van der Waals surface area contributed by atoms with Crippen molar-refractivity contribution in [1.29, 1.82) is 0 Å². The second kappa shape index (κ2) is 19.8. The largest absolute Gasteiger partial charge is 1.00 e. The normalized spacial score (nSPS) is 10.8. The zero-order valence-corrected chi connectivity index (χ0v) is 27.3. The number of thiazole rings is 1. The number of unbranched alkanes of at least 4 members (excludes halogenated alkanes) is 11. The van der Waals surface area contributed by atoms with E-state index in [1.165, 1.54) is 81.1 Å². The lowest BCUT2D eigenvalue weighted by Gasteiger charge is -2.22. The first-order chi connectivity index (χ1) is 19.0. The summed E-state index contributed by atoms with van der Waals surface area (Å²) in [6, 6.07) is 16.5. The zero-order valence-electron chi connectivity index (χ0n) is 24.9. The van der Waals surface area contributed by atoms with Crippen molar-refractivity contribution in [2.24, 2.45) is 0 Å². The quantitative estimate of drug-likeness (QED) is 0.120. The monoisotopic (exact) mass is 628 g/mol. The molecule has 0 atom stereocenters. The van der Waals surface area contributed by atoms with Crippen molar-refractivity contribution in [3.05, 3.63) is 76.2 Å². The van der Waals surface area contributed by atoms with Gasteiger partial charge in [-0.25, -0.2) is 0 Å². The molecule has 6 heteroatoms. The molecular formula is C34H49BrN2O2S. The fraction of sp³-hybridized carbons (Fsp3) is 0.529. The Bertz CT molecular complexity index is 1100. The number of benzene rings is 2. The Hall–Kier alpha value is -2.18. The van der Waals surface area contributed by atoms with Crippen LogP contribution in [0.5, 0.6) is 5.75 Å². The van der Waals surface area contributed by atoms with E-state index < -0.39 is 0 Å². The van der Waals surface area contributed by atoms with Crippen molar-refractivity contribution in [3.63, 3.8) is 0 Å². The Kier molecular flexibility index (Phi) is 16.9. The summed E-state index contributed by atoms with van der Waals surface area (Å²) in [5.74, 6) is 0.944. The first-order valence-corrected chi connectivity index (χ1v) is 16.0. The average molecular weight is 630 g/mol.